The van der Waals surface area contributed by atoms with E-state index < -0.39 is 6.10 Å². The molecule has 2 rings (SSSR count). The van der Waals surface area contributed by atoms with Crippen molar-refractivity contribution in [3.05, 3.63) is 35.8 Å². The Morgan fingerprint density at radius 3 is 2.83 bits per heavy atom. The molecule has 0 aliphatic rings. The summed E-state index contributed by atoms with van der Waals surface area (Å²) in [4.78, 5) is 0. The zero-order valence-corrected chi connectivity index (χ0v) is 10.4. The van der Waals surface area contributed by atoms with Crippen LogP contribution in [0.4, 0.5) is 0 Å². The first-order valence-corrected chi connectivity index (χ1v) is 5.82. The van der Waals surface area contributed by atoms with Gasteiger partial charge >= 0.3 is 0 Å². The fourth-order valence-electron chi connectivity index (χ4n) is 1.63. The molecule has 18 heavy (non-hydrogen) atoms. The number of aliphatic hydroxyl groups excluding tert-OH is 1. The van der Waals surface area contributed by atoms with E-state index in [2.05, 4.69) is 22.2 Å². The molecule has 0 bridgehead atoms. The molecule has 0 saturated heterocycles. The molecule has 0 aliphatic carbocycles. The highest BCUT2D eigenvalue weighted by atomic mass is 16.5. The lowest BCUT2D eigenvalue weighted by Gasteiger charge is -2.07. The number of ether oxygens (including phenoxy) is 1. The van der Waals surface area contributed by atoms with E-state index in [1.165, 1.54) is 7.11 Å². The topological polar surface area (TPSA) is 73.1 Å². The van der Waals surface area contributed by atoms with Gasteiger partial charge < -0.3 is 9.84 Å². The SMILES string of the molecule is CCCn1cc(C(O)c2ccc(OC)nn2)cn1. The summed E-state index contributed by atoms with van der Waals surface area (Å²) >= 11 is 0. The maximum atomic E-state index is 10.1. The summed E-state index contributed by atoms with van der Waals surface area (Å²) in [5, 5.41) is 22.1. The van der Waals surface area contributed by atoms with Crippen LogP contribution in [0.5, 0.6) is 5.88 Å². The number of nitrogens with zero attached hydrogens (tertiary/aromatic N) is 4. The molecule has 6 heteroatoms. The highest BCUT2D eigenvalue weighted by molar-refractivity contribution is 5.22. The number of rotatable bonds is 5. The molecule has 2 aromatic rings. The van der Waals surface area contributed by atoms with Crippen LogP contribution in [0.2, 0.25) is 0 Å². The van der Waals surface area contributed by atoms with Gasteiger partial charge in [-0.15, -0.1) is 10.2 Å². The summed E-state index contributed by atoms with van der Waals surface area (Å²) in [6, 6.07) is 3.36. The molecule has 6 nitrogen and oxygen atoms in total. The van der Waals surface area contributed by atoms with Crippen LogP contribution in [-0.2, 0) is 6.54 Å². The van der Waals surface area contributed by atoms with Gasteiger partial charge in [-0.3, -0.25) is 4.68 Å². The first-order valence-electron chi connectivity index (χ1n) is 5.82. The predicted octanol–water partition coefficient (Wildman–Crippen LogP) is 1.17. The summed E-state index contributed by atoms with van der Waals surface area (Å²) in [6.07, 6.45) is 3.65. The Morgan fingerprint density at radius 1 is 1.39 bits per heavy atom. The molecule has 0 spiro atoms. The average Bonchev–Trinajstić information content (AvgIpc) is 2.87. The van der Waals surface area contributed by atoms with Gasteiger partial charge in [0.05, 0.1) is 19.0 Å². The standard InChI is InChI=1S/C12H16N4O2/c1-3-6-16-8-9(7-13-16)12(17)10-4-5-11(18-2)15-14-10/h4-5,7-8,12,17H,3,6H2,1-2H3. The van der Waals surface area contributed by atoms with Crippen molar-refractivity contribution in [3.63, 3.8) is 0 Å². The number of aliphatic hydroxyl groups is 1. The summed E-state index contributed by atoms with van der Waals surface area (Å²) in [5.41, 5.74) is 1.19. The lowest BCUT2D eigenvalue weighted by Crippen LogP contribution is -2.03. The maximum Gasteiger partial charge on any atom is 0.233 e. The monoisotopic (exact) mass is 248 g/mol. The Morgan fingerprint density at radius 2 is 2.22 bits per heavy atom. The smallest absolute Gasteiger partial charge is 0.233 e. The normalized spacial score (nSPS) is 12.4. The fourth-order valence-corrected chi connectivity index (χ4v) is 1.63. The van der Waals surface area contributed by atoms with Crippen molar-refractivity contribution in [2.75, 3.05) is 7.11 Å². The molecule has 1 N–H and O–H groups in total. The summed E-state index contributed by atoms with van der Waals surface area (Å²) in [7, 11) is 1.52. The van der Waals surface area contributed by atoms with E-state index in [1.54, 1.807) is 23.0 Å². The Bertz CT molecular complexity index is 495. The minimum atomic E-state index is -0.811. The van der Waals surface area contributed by atoms with Crippen LogP contribution in [0.25, 0.3) is 0 Å². The van der Waals surface area contributed by atoms with E-state index in [-0.39, 0.29) is 0 Å². The summed E-state index contributed by atoms with van der Waals surface area (Å²) in [5.74, 6) is 0.424. The lowest BCUT2D eigenvalue weighted by atomic mass is 10.1. The van der Waals surface area contributed by atoms with Crippen LogP contribution >= 0.6 is 0 Å². The van der Waals surface area contributed by atoms with Crippen LogP contribution in [0.1, 0.15) is 30.7 Å². The van der Waals surface area contributed by atoms with Crippen LogP contribution < -0.4 is 4.74 Å². The highest BCUT2D eigenvalue weighted by Crippen LogP contribution is 2.19. The van der Waals surface area contributed by atoms with Gasteiger partial charge in [0, 0.05) is 24.4 Å². The van der Waals surface area contributed by atoms with Gasteiger partial charge in [-0.2, -0.15) is 5.10 Å². The van der Waals surface area contributed by atoms with Crippen LogP contribution in [0.3, 0.4) is 0 Å². The van der Waals surface area contributed by atoms with Gasteiger partial charge in [-0.05, 0) is 12.5 Å². The molecule has 0 saturated carbocycles. The quantitative estimate of drug-likeness (QED) is 0.860. The molecule has 0 amide bonds. The van der Waals surface area contributed by atoms with Crippen molar-refractivity contribution in [1.82, 2.24) is 20.0 Å². The molecule has 0 radical (unpaired) electrons. The largest absolute Gasteiger partial charge is 0.480 e. The first kappa shape index (κ1) is 12.5. The molecular weight excluding hydrogens is 232 g/mol. The Kier molecular flexibility index (Phi) is 3.88. The van der Waals surface area contributed by atoms with Crippen molar-refractivity contribution in [2.45, 2.75) is 26.0 Å². The van der Waals surface area contributed by atoms with Crippen LogP contribution in [-0.4, -0.2) is 32.2 Å². The van der Waals surface area contributed by atoms with Gasteiger partial charge in [0.1, 0.15) is 6.10 Å². The Balaban J connectivity index is 2.15. The third kappa shape index (κ3) is 2.65. The highest BCUT2D eigenvalue weighted by Gasteiger charge is 2.14. The molecule has 0 aromatic carbocycles. The zero-order chi connectivity index (χ0) is 13.0. The van der Waals surface area contributed by atoms with E-state index in [0.29, 0.717) is 17.1 Å². The molecule has 0 aliphatic heterocycles. The van der Waals surface area contributed by atoms with Crippen molar-refractivity contribution >= 4 is 0 Å². The Hall–Kier alpha value is -1.95. The predicted molar refractivity (Wildman–Crippen MR) is 65.2 cm³/mol. The summed E-state index contributed by atoms with van der Waals surface area (Å²) in [6.45, 7) is 2.91. The minimum Gasteiger partial charge on any atom is -0.480 e. The number of hydrogen-bond donors (Lipinski definition) is 1. The molecular formula is C12H16N4O2. The number of hydrogen-bond acceptors (Lipinski definition) is 5. The number of methoxy groups -OCH3 is 1. The maximum absolute atomic E-state index is 10.1. The van der Waals surface area contributed by atoms with Crippen molar-refractivity contribution in [1.29, 1.82) is 0 Å². The number of aryl methyl sites for hydroxylation is 1. The van der Waals surface area contributed by atoms with Crippen molar-refractivity contribution in [2.24, 2.45) is 0 Å². The average molecular weight is 248 g/mol. The lowest BCUT2D eigenvalue weighted by molar-refractivity contribution is 0.213. The molecule has 2 heterocycles. The summed E-state index contributed by atoms with van der Waals surface area (Å²) < 4.78 is 6.72. The minimum absolute atomic E-state index is 0.424. The van der Waals surface area contributed by atoms with Gasteiger partial charge in [0.25, 0.3) is 0 Å². The fraction of sp³-hybridized carbons (Fsp3) is 0.417. The van der Waals surface area contributed by atoms with Crippen LogP contribution in [0, 0.1) is 0 Å². The van der Waals surface area contributed by atoms with Crippen molar-refractivity contribution in [3.8, 4) is 5.88 Å². The second-order valence-electron chi connectivity index (χ2n) is 3.94. The van der Waals surface area contributed by atoms with Crippen LogP contribution in [0.15, 0.2) is 24.5 Å². The molecule has 2 aromatic heterocycles. The third-order valence-electron chi connectivity index (χ3n) is 2.57. The molecule has 1 atom stereocenters. The second-order valence-corrected chi connectivity index (χ2v) is 3.94. The van der Waals surface area contributed by atoms with E-state index in [4.69, 9.17) is 4.74 Å². The van der Waals surface area contributed by atoms with Gasteiger partial charge in [0.2, 0.25) is 5.88 Å². The van der Waals surface area contributed by atoms with Gasteiger partial charge in [-0.1, -0.05) is 6.92 Å². The van der Waals surface area contributed by atoms with E-state index in [1.807, 2.05) is 6.20 Å². The molecule has 0 fully saturated rings. The van der Waals surface area contributed by atoms with Gasteiger partial charge in [0.15, 0.2) is 0 Å². The van der Waals surface area contributed by atoms with E-state index >= 15 is 0 Å². The van der Waals surface area contributed by atoms with Crippen molar-refractivity contribution < 1.29 is 9.84 Å². The third-order valence-corrected chi connectivity index (χ3v) is 2.57. The van der Waals surface area contributed by atoms with E-state index in [9.17, 15) is 5.11 Å². The first-order chi connectivity index (χ1) is 8.74. The molecule has 96 valence electrons. The molecule has 1 unspecified atom stereocenters. The zero-order valence-electron chi connectivity index (χ0n) is 10.4. The number of aromatic nitrogens is 4. The van der Waals surface area contributed by atoms with Gasteiger partial charge in [-0.25, -0.2) is 0 Å². The Labute approximate surface area is 105 Å². The second kappa shape index (κ2) is 5.59. The van der Waals surface area contributed by atoms with E-state index in [0.717, 1.165) is 13.0 Å².